The first kappa shape index (κ1) is 22.9. The van der Waals surface area contributed by atoms with E-state index in [1.807, 2.05) is 0 Å². The van der Waals surface area contributed by atoms with Crippen LogP contribution < -0.4 is 69.3 Å². The number of carbonyl (C=O) groups is 2. The van der Waals surface area contributed by atoms with E-state index in [0.29, 0.717) is 25.7 Å². The number of carboxylic acids is 2. The molecule has 0 aliphatic heterocycles. The molecule has 0 bridgehead atoms. The fourth-order valence-corrected chi connectivity index (χ4v) is 2.52. The zero-order valence-electron chi connectivity index (χ0n) is 12.6. The minimum atomic E-state index is -1.45. The Balaban J connectivity index is 0. The molecule has 0 saturated heterocycles. The molecule has 7 heteroatoms. The smallest absolute Gasteiger partial charge is 0.545 e. The first-order valence-corrected chi connectivity index (χ1v) is 6.19. The van der Waals surface area contributed by atoms with Crippen molar-refractivity contribution >= 4 is 11.9 Å². The van der Waals surface area contributed by atoms with Gasteiger partial charge in [-0.15, -0.1) is 0 Å². The van der Waals surface area contributed by atoms with Crippen LogP contribution in [0, 0.1) is 11.8 Å². The number of aliphatic hydroxyl groups excluding tert-OH is 1. The van der Waals surface area contributed by atoms with Crippen LogP contribution in [-0.4, -0.2) is 23.1 Å². The molecule has 0 aromatic rings. The van der Waals surface area contributed by atoms with Crippen LogP contribution in [0.4, 0.5) is 0 Å². The van der Waals surface area contributed by atoms with Gasteiger partial charge in [-0.3, -0.25) is 0 Å². The summed E-state index contributed by atoms with van der Waals surface area (Å²) in [5.41, 5.74) is -0.340. The molecule has 1 saturated carbocycles. The summed E-state index contributed by atoms with van der Waals surface area (Å²) in [6, 6.07) is 0. The van der Waals surface area contributed by atoms with Gasteiger partial charge in [0.15, 0.2) is 0 Å². The van der Waals surface area contributed by atoms with Crippen molar-refractivity contribution in [3.8, 4) is 0 Å². The maximum Gasteiger partial charge on any atom is 1.00 e. The molecule has 1 aliphatic carbocycles. The molecule has 1 fully saturated rings. The van der Waals surface area contributed by atoms with Crippen LogP contribution in [0.25, 0.3) is 0 Å². The predicted molar refractivity (Wildman–Crippen MR) is 59.8 cm³/mol. The van der Waals surface area contributed by atoms with Crippen molar-refractivity contribution < 1.29 is 84.0 Å². The Hall–Kier alpha value is 0.640. The molecule has 1 rings (SSSR count). The number of hydrogen-bond acceptors (Lipinski definition) is 5. The second-order valence-corrected chi connectivity index (χ2v) is 5.06. The van der Waals surface area contributed by atoms with Gasteiger partial charge in [0.05, 0.1) is 18.0 Å². The molecule has 20 heavy (non-hydrogen) atoms. The third-order valence-electron chi connectivity index (χ3n) is 3.41. The topological polar surface area (TPSA) is 100 Å². The van der Waals surface area contributed by atoms with E-state index in [1.54, 1.807) is 13.8 Å². The Morgan fingerprint density at radius 3 is 1.75 bits per heavy atom. The van der Waals surface area contributed by atoms with Gasteiger partial charge in [0.25, 0.3) is 0 Å². The summed E-state index contributed by atoms with van der Waals surface area (Å²) in [6.45, 7) is 3.23. The van der Waals surface area contributed by atoms with Crippen molar-refractivity contribution in [3.05, 3.63) is 11.1 Å². The van der Waals surface area contributed by atoms with Crippen LogP contribution in [0.3, 0.4) is 0 Å². The Labute approximate surface area is 163 Å². The van der Waals surface area contributed by atoms with Crippen LogP contribution in [0.5, 0.6) is 0 Å². The largest absolute Gasteiger partial charge is 1.00 e. The fourth-order valence-electron chi connectivity index (χ4n) is 2.52. The maximum atomic E-state index is 11.2. The van der Waals surface area contributed by atoms with Gasteiger partial charge in [-0.1, -0.05) is 13.8 Å². The van der Waals surface area contributed by atoms with Crippen LogP contribution in [0.1, 0.15) is 39.5 Å². The Morgan fingerprint density at radius 1 is 1.00 bits per heavy atom. The van der Waals surface area contributed by atoms with Crippen molar-refractivity contribution in [1.29, 1.82) is 0 Å². The summed E-state index contributed by atoms with van der Waals surface area (Å²) >= 11 is 0. The van der Waals surface area contributed by atoms with E-state index in [2.05, 4.69) is 0 Å². The molecule has 0 spiro atoms. The molecule has 1 N–H and O–H groups in total. The summed E-state index contributed by atoms with van der Waals surface area (Å²) in [4.78, 5) is 22.3. The third kappa shape index (κ3) is 6.18. The number of carbonyl (C=O) groups excluding carboxylic acids is 2. The van der Waals surface area contributed by atoms with Crippen LogP contribution in [0.2, 0.25) is 0 Å². The first-order chi connectivity index (χ1) is 8.34. The molecule has 5 nitrogen and oxygen atoms in total. The van der Waals surface area contributed by atoms with E-state index < -0.39 is 24.0 Å². The zero-order chi connectivity index (χ0) is 13.9. The molecule has 0 aromatic carbocycles. The third-order valence-corrected chi connectivity index (χ3v) is 3.41. The molecule has 0 amide bonds. The number of rotatable bonds is 4. The molecule has 0 heterocycles. The Kier molecular flexibility index (Phi) is 11.9. The van der Waals surface area contributed by atoms with Crippen LogP contribution >= 0.6 is 0 Å². The predicted octanol–water partition coefficient (Wildman–Crippen LogP) is -7.00. The normalized spacial score (nSPS) is 23.2. The molecular formula is C13H18Na2O5. The van der Waals surface area contributed by atoms with Gasteiger partial charge in [-0.05, 0) is 48.7 Å². The van der Waals surface area contributed by atoms with E-state index >= 15 is 0 Å². The minimum absolute atomic E-state index is 0. The van der Waals surface area contributed by atoms with Crippen LogP contribution in [-0.2, 0) is 9.59 Å². The summed E-state index contributed by atoms with van der Waals surface area (Å²) < 4.78 is 0. The van der Waals surface area contributed by atoms with Gasteiger partial charge in [-0.25, -0.2) is 0 Å². The van der Waals surface area contributed by atoms with Crippen LogP contribution in [0.15, 0.2) is 11.1 Å². The fraction of sp³-hybridized carbons (Fsp3) is 0.692. The molecule has 0 unspecified atom stereocenters. The zero-order valence-corrected chi connectivity index (χ0v) is 16.6. The molecule has 0 atom stereocenters. The second-order valence-electron chi connectivity index (χ2n) is 5.06. The average Bonchev–Trinajstić information content (AvgIpc) is 2.25. The second kappa shape index (κ2) is 10.4. The van der Waals surface area contributed by atoms with Gasteiger partial charge in [0.2, 0.25) is 0 Å². The maximum absolute atomic E-state index is 11.2. The summed E-state index contributed by atoms with van der Waals surface area (Å²) in [6.07, 6.45) is 1.48. The standard InChI is InChI=1S/C13H20O5.2Na/c1-7(2)10(12(15)16)11(13(17)18)8-3-5-9(14)6-4-8;;/h7-9,14H,3-6H2,1-2H3,(H,15,16)(H,17,18);;/q;2*+1/p-2/b11-10-;;/t8-,9-;;. The number of aliphatic carboxylic acids is 2. The van der Waals surface area contributed by atoms with E-state index in [1.165, 1.54) is 0 Å². The average molecular weight is 300 g/mol. The molecule has 102 valence electrons. The monoisotopic (exact) mass is 300 g/mol. The Bertz CT molecular complexity index is 371. The first-order valence-electron chi connectivity index (χ1n) is 6.19. The summed E-state index contributed by atoms with van der Waals surface area (Å²) in [5.74, 6) is -3.69. The van der Waals surface area contributed by atoms with Gasteiger partial charge in [0.1, 0.15) is 0 Å². The number of carboxylic acid groups (broad SMARTS) is 2. The number of aliphatic hydroxyl groups is 1. The van der Waals surface area contributed by atoms with Gasteiger partial charge >= 0.3 is 59.1 Å². The molecule has 0 radical (unpaired) electrons. The van der Waals surface area contributed by atoms with Crippen molar-refractivity contribution in [1.82, 2.24) is 0 Å². The number of hydrogen-bond donors (Lipinski definition) is 1. The molecule has 0 aromatic heterocycles. The molecular weight excluding hydrogens is 282 g/mol. The van der Waals surface area contributed by atoms with Gasteiger partial charge in [0, 0.05) is 0 Å². The van der Waals surface area contributed by atoms with Gasteiger partial charge in [-0.2, -0.15) is 0 Å². The minimum Gasteiger partial charge on any atom is -0.545 e. The van der Waals surface area contributed by atoms with Crippen molar-refractivity contribution in [2.75, 3.05) is 0 Å². The van der Waals surface area contributed by atoms with Gasteiger partial charge < -0.3 is 24.9 Å². The summed E-state index contributed by atoms with van der Waals surface area (Å²) in [7, 11) is 0. The van der Waals surface area contributed by atoms with Crippen molar-refractivity contribution in [2.45, 2.75) is 45.6 Å². The quantitative estimate of drug-likeness (QED) is 0.411. The van der Waals surface area contributed by atoms with E-state index in [9.17, 15) is 24.9 Å². The van der Waals surface area contributed by atoms with Crippen molar-refractivity contribution in [2.24, 2.45) is 11.8 Å². The molecule has 1 aliphatic rings. The van der Waals surface area contributed by atoms with Crippen molar-refractivity contribution in [3.63, 3.8) is 0 Å². The Morgan fingerprint density at radius 2 is 1.45 bits per heavy atom. The van der Waals surface area contributed by atoms with E-state index in [0.717, 1.165) is 0 Å². The van der Waals surface area contributed by atoms with E-state index in [4.69, 9.17) is 0 Å². The SMILES string of the molecule is CC(C)/C(C(=O)[O-])=C(/C(=O)[O-])[C@H]1CC[C@H](O)CC1.[Na+].[Na+]. The van der Waals surface area contributed by atoms with E-state index in [-0.39, 0.29) is 76.2 Å². The summed E-state index contributed by atoms with van der Waals surface area (Å²) in [5, 5.41) is 31.7.